The van der Waals surface area contributed by atoms with Gasteiger partial charge in [-0.2, -0.15) is 10.4 Å². The number of hydrogen-bond acceptors (Lipinski definition) is 8. The molecular weight excluding hydrogens is 510 g/mol. The van der Waals surface area contributed by atoms with Gasteiger partial charge >= 0.3 is 6.09 Å². The van der Waals surface area contributed by atoms with Crippen molar-refractivity contribution in [2.45, 2.75) is 38.8 Å². The summed E-state index contributed by atoms with van der Waals surface area (Å²) >= 11 is 0. The number of nitrogens with one attached hydrogen (secondary N) is 1. The molecule has 5 rings (SSSR count). The molecule has 0 spiro atoms. The van der Waals surface area contributed by atoms with Crippen molar-refractivity contribution in [2.75, 3.05) is 24.1 Å². The largest absolute Gasteiger partial charge is 0.444 e. The maximum Gasteiger partial charge on any atom is 0.410 e. The highest BCUT2D eigenvalue weighted by Gasteiger charge is 2.34. The van der Waals surface area contributed by atoms with Gasteiger partial charge < -0.3 is 20.7 Å². The Balaban J connectivity index is 1.43. The van der Waals surface area contributed by atoms with Crippen molar-refractivity contribution in [3.05, 3.63) is 60.0 Å². The number of nitriles is 1. The number of hydrogen-bond donors (Lipinski definition) is 2. The lowest BCUT2D eigenvalue weighted by Crippen LogP contribution is -2.35. The molecule has 0 aliphatic carbocycles. The third-order valence-electron chi connectivity index (χ3n) is 6.59. The van der Waals surface area contributed by atoms with Gasteiger partial charge in [-0.05, 0) is 51.5 Å². The van der Waals surface area contributed by atoms with Gasteiger partial charge in [-0.1, -0.05) is 17.1 Å². The second-order valence-corrected chi connectivity index (χ2v) is 10.7. The Morgan fingerprint density at radius 3 is 2.65 bits per heavy atom. The van der Waals surface area contributed by atoms with E-state index in [0.29, 0.717) is 59.0 Å². The third kappa shape index (κ3) is 5.26. The van der Waals surface area contributed by atoms with Crippen molar-refractivity contribution < 1.29 is 18.9 Å². The Morgan fingerprint density at radius 2 is 1.95 bits per heavy atom. The summed E-state index contributed by atoms with van der Waals surface area (Å²) in [6.07, 6.45) is 3.45. The van der Waals surface area contributed by atoms with E-state index in [2.05, 4.69) is 15.3 Å². The van der Waals surface area contributed by atoms with Crippen molar-refractivity contribution in [3.8, 4) is 17.3 Å². The minimum atomic E-state index is -0.578. The van der Waals surface area contributed by atoms with Crippen LogP contribution in [0.5, 0.6) is 0 Å². The molecule has 4 heterocycles. The van der Waals surface area contributed by atoms with Crippen molar-refractivity contribution in [1.82, 2.24) is 24.6 Å². The Kier molecular flexibility index (Phi) is 6.81. The average Bonchev–Trinajstić information content (AvgIpc) is 3.56. The number of likely N-dealkylation sites (tertiary alicyclic amines) is 1. The summed E-state index contributed by atoms with van der Waals surface area (Å²) in [5.41, 5.74) is 8.73. The van der Waals surface area contributed by atoms with E-state index < -0.39 is 5.60 Å². The maximum absolute atomic E-state index is 12.8. The lowest BCUT2D eigenvalue weighted by Gasteiger charge is -2.24. The Hall–Kier alpha value is -5.05. The summed E-state index contributed by atoms with van der Waals surface area (Å²) in [7, 11) is 1.81. The number of pyridine rings is 1. The Morgan fingerprint density at radius 1 is 1.20 bits per heavy atom. The van der Waals surface area contributed by atoms with E-state index in [1.165, 1.54) is 12.3 Å². The number of aryl methyl sites for hydroxylation is 1. The van der Waals surface area contributed by atoms with Crippen LogP contribution in [0.3, 0.4) is 0 Å². The summed E-state index contributed by atoms with van der Waals surface area (Å²) in [5.74, 6) is 0.435. The van der Waals surface area contributed by atoms with E-state index in [9.17, 15) is 9.59 Å². The fourth-order valence-corrected chi connectivity index (χ4v) is 4.59. The summed E-state index contributed by atoms with van der Waals surface area (Å²) in [6.45, 7) is 6.51. The summed E-state index contributed by atoms with van der Waals surface area (Å²) in [4.78, 5) is 35.8. The lowest BCUT2D eigenvalue weighted by molar-refractivity contribution is -0.658. The molecular formula is C28H30N9O3+. The lowest BCUT2D eigenvalue weighted by atomic mass is 10.1. The van der Waals surface area contributed by atoms with Gasteiger partial charge in [0.25, 0.3) is 5.91 Å². The molecule has 1 atom stereocenters. The van der Waals surface area contributed by atoms with Crippen LogP contribution in [0.4, 0.5) is 16.4 Å². The first-order valence-electron chi connectivity index (χ1n) is 12.8. The summed E-state index contributed by atoms with van der Waals surface area (Å²) < 4.78 is 9.11. The van der Waals surface area contributed by atoms with Gasteiger partial charge in [0, 0.05) is 30.4 Å². The predicted molar refractivity (Wildman–Crippen MR) is 147 cm³/mol. The highest BCUT2D eigenvalue weighted by Crippen LogP contribution is 2.34. The van der Waals surface area contributed by atoms with Crippen LogP contribution >= 0.6 is 0 Å². The molecule has 3 N–H and O–H groups in total. The molecule has 1 unspecified atom stereocenters. The first-order chi connectivity index (χ1) is 19.0. The van der Waals surface area contributed by atoms with Crippen molar-refractivity contribution >= 4 is 34.7 Å². The quantitative estimate of drug-likeness (QED) is 0.374. The molecule has 1 aliphatic heterocycles. The highest BCUT2D eigenvalue weighted by molar-refractivity contribution is 6.04. The van der Waals surface area contributed by atoms with Crippen LogP contribution in [0.1, 0.15) is 49.2 Å². The molecule has 2 amide bonds. The molecule has 40 heavy (non-hydrogen) atoms. The number of amides is 2. The highest BCUT2D eigenvalue weighted by atomic mass is 16.6. The number of benzene rings is 1. The number of nitrogen functional groups attached to an aromatic ring is 1. The molecule has 12 nitrogen and oxygen atoms in total. The summed E-state index contributed by atoms with van der Waals surface area (Å²) in [5, 5.41) is 17.4. The number of carbonyl (C=O) groups excluding carboxylic acids is 2. The number of carbonyl (C=O) groups is 2. The second kappa shape index (κ2) is 10.3. The minimum absolute atomic E-state index is 0.106. The number of nitrogens with zero attached hydrogens (tertiary/aromatic N) is 7. The monoisotopic (exact) mass is 540 g/mol. The molecule has 4 aromatic rings. The van der Waals surface area contributed by atoms with Crippen LogP contribution in [-0.4, -0.2) is 55.3 Å². The van der Waals surface area contributed by atoms with E-state index in [0.717, 1.165) is 5.56 Å². The zero-order chi connectivity index (χ0) is 28.6. The van der Waals surface area contributed by atoms with E-state index >= 15 is 0 Å². The number of fused-ring (bicyclic) bond motifs is 1. The SMILES string of the molecule is C[n+]1cnc2c(c(-c3ccc(C(=O)Nc4cc(C#N)ccn4)cc3)nn2C2CCN(C(=O)OC(C)(C)C)C2)c1N. The zero-order valence-electron chi connectivity index (χ0n) is 22.8. The number of rotatable bonds is 4. The van der Waals surface area contributed by atoms with E-state index in [1.54, 1.807) is 46.1 Å². The topological polar surface area (TPSA) is 156 Å². The number of aromatic nitrogens is 5. The molecule has 1 aromatic carbocycles. The van der Waals surface area contributed by atoms with E-state index in [1.807, 2.05) is 38.6 Å². The van der Waals surface area contributed by atoms with Crippen LogP contribution in [0.15, 0.2) is 48.9 Å². The molecule has 204 valence electrons. The van der Waals surface area contributed by atoms with E-state index in [4.69, 9.17) is 20.8 Å². The van der Waals surface area contributed by atoms with Crippen molar-refractivity contribution in [1.29, 1.82) is 5.26 Å². The number of ether oxygens (including phenoxy) is 1. The number of anilines is 2. The number of nitrogens with two attached hydrogens (primary N) is 1. The normalized spacial score (nSPS) is 15.2. The van der Waals surface area contributed by atoms with Crippen molar-refractivity contribution in [3.63, 3.8) is 0 Å². The van der Waals surface area contributed by atoms with Gasteiger partial charge in [0.05, 0.1) is 24.7 Å². The van der Waals surface area contributed by atoms with Crippen LogP contribution in [0.25, 0.3) is 22.3 Å². The summed E-state index contributed by atoms with van der Waals surface area (Å²) in [6, 6.07) is 12.0. The molecule has 3 aromatic heterocycles. The van der Waals surface area contributed by atoms with Gasteiger partial charge in [0.1, 0.15) is 22.5 Å². The van der Waals surface area contributed by atoms with Gasteiger partial charge in [0.15, 0.2) is 0 Å². The minimum Gasteiger partial charge on any atom is -0.444 e. The first-order valence-corrected chi connectivity index (χ1v) is 12.8. The smallest absolute Gasteiger partial charge is 0.410 e. The van der Waals surface area contributed by atoms with Crippen LogP contribution in [0, 0.1) is 11.3 Å². The van der Waals surface area contributed by atoms with Gasteiger partial charge in [-0.3, -0.25) is 4.79 Å². The molecule has 0 saturated carbocycles. The van der Waals surface area contributed by atoms with Crippen LogP contribution in [-0.2, 0) is 11.8 Å². The first kappa shape index (κ1) is 26.6. The van der Waals surface area contributed by atoms with Crippen molar-refractivity contribution in [2.24, 2.45) is 7.05 Å². The van der Waals surface area contributed by atoms with Gasteiger partial charge in [-0.25, -0.2) is 19.0 Å². The third-order valence-corrected chi connectivity index (χ3v) is 6.59. The molecule has 1 fully saturated rings. The van der Waals surface area contributed by atoms with Crippen LogP contribution in [0.2, 0.25) is 0 Å². The molecule has 1 aliphatic rings. The van der Waals surface area contributed by atoms with E-state index in [-0.39, 0.29) is 18.0 Å². The molecule has 12 heteroatoms. The van der Waals surface area contributed by atoms with Gasteiger partial charge in [0.2, 0.25) is 17.8 Å². The average molecular weight is 541 g/mol. The standard InChI is InChI=1S/C28H29N9O3/c1-28(2,3)40-27(39)36-12-10-20(15-36)37-25-22(24(30)35(4)16-32-25)23(34-37)18-5-7-19(8-6-18)26(38)33-21-13-17(14-29)9-11-31-21/h5-9,11,13,16,20,30H,10,12,15H2,1-4H3,(H,31,33,38)/p+1. The fraction of sp³-hybridized carbons (Fsp3) is 0.321. The molecule has 0 radical (unpaired) electrons. The fourth-order valence-electron chi connectivity index (χ4n) is 4.59. The van der Waals surface area contributed by atoms with Gasteiger partial charge in [-0.15, -0.1) is 0 Å². The predicted octanol–water partition coefficient (Wildman–Crippen LogP) is 3.21. The molecule has 1 saturated heterocycles. The Bertz CT molecular complexity index is 1650. The Labute approximate surface area is 231 Å². The zero-order valence-corrected chi connectivity index (χ0v) is 22.8. The molecule has 0 bridgehead atoms. The van der Waals surface area contributed by atoms with Crippen LogP contribution < -0.4 is 15.6 Å². The second-order valence-electron chi connectivity index (χ2n) is 10.7. The maximum atomic E-state index is 12.8.